The lowest BCUT2D eigenvalue weighted by atomic mass is 9.97. The Kier molecular flexibility index (Phi) is 7.54. The highest BCUT2D eigenvalue weighted by Crippen LogP contribution is 2.22. The van der Waals surface area contributed by atoms with Crippen molar-refractivity contribution in [3.8, 4) is 5.75 Å². The molecule has 1 aromatic rings. The molecule has 0 saturated heterocycles. The third-order valence-corrected chi connectivity index (χ3v) is 3.44. The topological polar surface area (TPSA) is 90.7 Å². The molecular formula is C17H26N2O4. The first kappa shape index (κ1) is 19.0. The van der Waals surface area contributed by atoms with Gasteiger partial charge in [0.1, 0.15) is 11.4 Å². The minimum atomic E-state index is -0.841. The van der Waals surface area contributed by atoms with E-state index in [9.17, 15) is 9.59 Å². The molecule has 0 aromatic heterocycles. The summed E-state index contributed by atoms with van der Waals surface area (Å²) in [4.78, 5) is 23.2. The number of benzene rings is 1. The maximum Gasteiger partial charge on any atom is 0.256 e. The van der Waals surface area contributed by atoms with E-state index in [-0.39, 0.29) is 12.5 Å². The minimum absolute atomic E-state index is 0.168. The largest absolute Gasteiger partial charge is 0.484 e. The average Bonchev–Trinajstić information content (AvgIpc) is 2.52. The van der Waals surface area contributed by atoms with Gasteiger partial charge < -0.3 is 20.5 Å². The molecule has 0 bridgehead atoms. The lowest BCUT2D eigenvalue weighted by Crippen LogP contribution is -2.42. The Morgan fingerprint density at radius 3 is 2.39 bits per heavy atom. The summed E-state index contributed by atoms with van der Waals surface area (Å²) in [5.41, 5.74) is 4.82. The van der Waals surface area contributed by atoms with Gasteiger partial charge in [-0.05, 0) is 44.5 Å². The molecule has 2 amide bonds. The van der Waals surface area contributed by atoms with Gasteiger partial charge in [-0.2, -0.15) is 0 Å². The number of ether oxygens (including phenoxy) is 2. The summed E-state index contributed by atoms with van der Waals surface area (Å²) in [5.74, 6) is -0.190. The highest BCUT2D eigenvalue weighted by atomic mass is 16.5. The van der Waals surface area contributed by atoms with Gasteiger partial charge in [-0.25, -0.2) is 0 Å². The molecule has 0 aliphatic rings. The molecule has 128 valence electrons. The van der Waals surface area contributed by atoms with Crippen molar-refractivity contribution in [2.24, 2.45) is 5.73 Å². The molecule has 3 N–H and O–H groups in total. The molecular weight excluding hydrogens is 296 g/mol. The van der Waals surface area contributed by atoms with Crippen molar-refractivity contribution in [3.63, 3.8) is 0 Å². The van der Waals surface area contributed by atoms with Crippen LogP contribution in [0.15, 0.2) is 24.3 Å². The van der Waals surface area contributed by atoms with Gasteiger partial charge in [0.25, 0.3) is 11.8 Å². The molecule has 6 nitrogen and oxygen atoms in total. The lowest BCUT2D eigenvalue weighted by Gasteiger charge is -2.28. The van der Waals surface area contributed by atoms with E-state index >= 15 is 0 Å². The zero-order valence-corrected chi connectivity index (χ0v) is 14.1. The normalized spacial score (nSPS) is 13.2. The number of rotatable bonds is 10. The second-order valence-electron chi connectivity index (χ2n) is 5.50. The molecule has 0 spiro atoms. The van der Waals surface area contributed by atoms with E-state index in [0.29, 0.717) is 24.5 Å². The van der Waals surface area contributed by atoms with E-state index in [0.717, 1.165) is 12.8 Å². The fraction of sp³-hybridized carbons (Fsp3) is 0.529. The number of carbonyl (C=O) groups excluding carboxylic acids is 2. The molecule has 6 heteroatoms. The van der Waals surface area contributed by atoms with Crippen LogP contribution < -0.4 is 15.8 Å². The van der Waals surface area contributed by atoms with Crippen molar-refractivity contribution in [2.45, 2.75) is 45.6 Å². The molecule has 0 heterocycles. The Morgan fingerprint density at radius 1 is 1.22 bits per heavy atom. The number of primary amides is 1. The number of hydrogen-bond donors (Lipinski definition) is 2. The monoisotopic (exact) mass is 322 g/mol. The highest BCUT2D eigenvalue weighted by Gasteiger charge is 2.33. The molecule has 1 aromatic carbocycles. The van der Waals surface area contributed by atoms with Crippen LogP contribution in [0.2, 0.25) is 0 Å². The van der Waals surface area contributed by atoms with Crippen LogP contribution in [0.1, 0.15) is 40.0 Å². The second kappa shape index (κ2) is 9.15. The summed E-state index contributed by atoms with van der Waals surface area (Å²) in [6.45, 7) is 6.07. The van der Waals surface area contributed by atoms with Gasteiger partial charge in [-0.15, -0.1) is 0 Å². The van der Waals surface area contributed by atoms with Crippen molar-refractivity contribution in [3.05, 3.63) is 24.3 Å². The summed E-state index contributed by atoms with van der Waals surface area (Å²) >= 11 is 0. The van der Waals surface area contributed by atoms with E-state index < -0.39 is 11.5 Å². The highest BCUT2D eigenvalue weighted by molar-refractivity contribution is 5.97. The smallest absolute Gasteiger partial charge is 0.256 e. The van der Waals surface area contributed by atoms with E-state index in [1.54, 1.807) is 24.3 Å². The van der Waals surface area contributed by atoms with Crippen LogP contribution in [0.5, 0.6) is 5.75 Å². The van der Waals surface area contributed by atoms with Gasteiger partial charge in [-0.1, -0.05) is 19.8 Å². The van der Waals surface area contributed by atoms with E-state index in [4.69, 9.17) is 15.2 Å². The maximum atomic E-state index is 12.5. The first-order valence-electron chi connectivity index (χ1n) is 7.88. The minimum Gasteiger partial charge on any atom is -0.484 e. The van der Waals surface area contributed by atoms with Crippen LogP contribution in [0.3, 0.4) is 0 Å². The first-order chi connectivity index (χ1) is 10.9. The zero-order valence-electron chi connectivity index (χ0n) is 14.1. The predicted molar refractivity (Wildman–Crippen MR) is 89.3 cm³/mol. The van der Waals surface area contributed by atoms with Crippen molar-refractivity contribution in [2.75, 3.05) is 18.5 Å². The molecule has 0 unspecified atom stereocenters. The van der Waals surface area contributed by atoms with Gasteiger partial charge >= 0.3 is 0 Å². The first-order valence-corrected chi connectivity index (χ1v) is 7.88. The van der Waals surface area contributed by atoms with Crippen LogP contribution in [-0.2, 0) is 14.3 Å². The summed E-state index contributed by atoms with van der Waals surface area (Å²) in [5, 5.41) is 2.86. The fourth-order valence-electron chi connectivity index (χ4n) is 2.14. The van der Waals surface area contributed by atoms with Crippen LogP contribution in [0, 0.1) is 0 Å². The van der Waals surface area contributed by atoms with E-state index in [2.05, 4.69) is 12.2 Å². The maximum absolute atomic E-state index is 12.5. The number of carbonyl (C=O) groups is 2. The van der Waals surface area contributed by atoms with Crippen molar-refractivity contribution in [1.82, 2.24) is 0 Å². The third kappa shape index (κ3) is 6.28. The van der Waals surface area contributed by atoms with E-state index in [1.807, 2.05) is 13.8 Å². The summed E-state index contributed by atoms with van der Waals surface area (Å²) < 4.78 is 10.8. The van der Waals surface area contributed by atoms with Gasteiger partial charge in [0.2, 0.25) is 0 Å². The van der Waals surface area contributed by atoms with Gasteiger partial charge in [0, 0.05) is 12.3 Å². The Hall–Kier alpha value is -2.08. The lowest BCUT2D eigenvalue weighted by molar-refractivity contribution is -0.139. The van der Waals surface area contributed by atoms with Crippen molar-refractivity contribution >= 4 is 17.5 Å². The van der Waals surface area contributed by atoms with Gasteiger partial charge in [0.05, 0.1) is 0 Å². The molecule has 0 radical (unpaired) electrons. The number of nitrogens with one attached hydrogen (secondary N) is 1. The number of unbranched alkanes of at least 4 members (excludes halogenated alkanes) is 1. The average molecular weight is 322 g/mol. The predicted octanol–water partition coefficient (Wildman–Crippen LogP) is 2.47. The zero-order chi connectivity index (χ0) is 17.3. The van der Waals surface area contributed by atoms with Crippen LogP contribution >= 0.6 is 0 Å². The number of hydrogen-bond acceptors (Lipinski definition) is 4. The van der Waals surface area contributed by atoms with Crippen molar-refractivity contribution in [1.29, 1.82) is 0 Å². The van der Waals surface area contributed by atoms with Crippen LogP contribution in [0.25, 0.3) is 0 Å². The molecule has 1 rings (SSSR count). The molecule has 0 aliphatic carbocycles. The van der Waals surface area contributed by atoms with Gasteiger partial charge in [0.15, 0.2) is 6.61 Å². The van der Waals surface area contributed by atoms with Crippen LogP contribution in [-0.4, -0.2) is 30.6 Å². The van der Waals surface area contributed by atoms with Crippen molar-refractivity contribution < 1.29 is 19.1 Å². The molecule has 23 heavy (non-hydrogen) atoms. The summed E-state index contributed by atoms with van der Waals surface area (Å²) in [7, 11) is 0. The number of nitrogens with two attached hydrogens (primary N) is 1. The molecule has 1 atom stereocenters. The quantitative estimate of drug-likeness (QED) is 0.692. The molecule has 0 fully saturated rings. The third-order valence-electron chi connectivity index (χ3n) is 3.44. The Morgan fingerprint density at radius 2 is 1.87 bits per heavy atom. The van der Waals surface area contributed by atoms with Crippen LogP contribution in [0.4, 0.5) is 5.69 Å². The van der Waals surface area contributed by atoms with Gasteiger partial charge in [-0.3, -0.25) is 9.59 Å². The SMILES string of the molecule is CCCC[C@@](C)(OCC)C(=O)Nc1ccc(OCC(N)=O)cc1. The Labute approximate surface area is 137 Å². The standard InChI is InChI=1S/C17H26N2O4/c1-4-6-11-17(3,23-5-2)16(21)19-13-7-9-14(10-8-13)22-12-15(18)20/h7-10H,4-6,11-12H2,1-3H3,(H2,18,20)(H,19,21)/t17-/m1/s1. The fourth-order valence-corrected chi connectivity index (χ4v) is 2.14. The molecule has 0 aliphatic heterocycles. The van der Waals surface area contributed by atoms with E-state index in [1.165, 1.54) is 0 Å². The Balaban J connectivity index is 2.68. The summed E-state index contributed by atoms with van der Waals surface area (Å²) in [6.07, 6.45) is 2.59. The number of amides is 2. The number of anilines is 1. The molecule has 0 saturated carbocycles. The second-order valence-corrected chi connectivity index (χ2v) is 5.50. The Bertz CT molecular complexity index is 516. The summed E-state index contributed by atoms with van der Waals surface area (Å²) in [6, 6.07) is 6.76.